The van der Waals surface area contributed by atoms with Crippen molar-refractivity contribution in [2.45, 2.75) is 0 Å². The van der Waals surface area contributed by atoms with E-state index in [0.29, 0.717) is 43.2 Å². The van der Waals surface area contributed by atoms with Crippen molar-refractivity contribution in [2.24, 2.45) is 0 Å². The van der Waals surface area contributed by atoms with Crippen LogP contribution in [0.4, 0.5) is 10.1 Å². The van der Waals surface area contributed by atoms with Crippen molar-refractivity contribution in [1.29, 1.82) is 0 Å². The minimum Gasteiger partial charge on any atom is -0.493 e. The highest BCUT2D eigenvalue weighted by molar-refractivity contribution is 14.1. The fourth-order valence-electron chi connectivity index (χ4n) is 3.01. The second kappa shape index (κ2) is 8.11. The summed E-state index contributed by atoms with van der Waals surface area (Å²) < 4.78 is 24.5. The monoisotopic (exact) mass is 470 g/mol. The molecule has 0 atom stereocenters. The second-order valence-corrected chi connectivity index (χ2v) is 7.10. The Morgan fingerprint density at radius 1 is 1.00 bits per heavy atom. The first kappa shape index (κ1) is 18.8. The molecule has 5 nitrogen and oxygen atoms in total. The number of nitrogens with zero attached hydrogens (tertiary/aromatic N) is 2. The molecular formula is C19H20FIN2O3. The SMILES string of the molecule is COc1cc(I)c(C(=O)N2CCN(c3ccc(F)cc3)CC2)cc1OC. The summed E-state index contributed by atoms with van der Waals surface area (Å²) in [5.41, 5.74) is 1.58. The number of methoxy groups -OCH3 is 2. The van der Waals surface area contributed by atoms with Gasteiger partial charge in [0.1, 0.15) is 5.82 Å². The van der Waals surface area contributed by atoms with Crippen LogP contribution in [0.15, 0.2) is 36.4 Å². The highest BCUT2D eigenvalue weighted by Gasteiger charge is 2.25. The Morgan fingerprint density at radius 3 is 2.15 bits per heavy atom. The van der Waals surface area contributed by atoms with E-state index in [-0.39, 0.29) is 11.7 Å². The molecule has 0 aliphatic carbocycles. The molecule has 0 radical (unpaired) electrons. The lowest BCUT2D eigenvalue weighted by atomic mass is 10.1. The maximum absolute atomic E-state index is 13.1. The number of piperazine rings is 1. The molecule has 0 N–H and O–H groups in total. The topological polar surface area (TPSA) is 42.0 Å². The van der Waals surface area contributed by atoms with Crippen LogP contribution in [0.2, 0.25) is 0 Å². The molecule has 26 heavy (non-hydrogen) atoms. The number of benzene rings is 2. The van der Waals surface area contributed by atoms with Crippen molar-refractivity contribution in [2.75, 3.05) is 45.3 Å². The van der Waals surface area contributed by atoms with Crippen LogP contribution in [0.5, 0.6) is 11.5 Å². The molecule has 1 amide bonds. The lowest BCUT2D eigenvalue weighted by Crippen LogP contribution is -2.49. The van der Waals surface area contributed by atoms with Crippen molar-refractivity contribution >= 4 is 34.2 Å². The maximum Gasteiger partial charge on any atom is 0.255 e. The Bertz CT molecular complexity index is 790. The number of carbonyl (C=O) groups excluding carboxylic acids is 1. The van der Waals surface area contributed by atoms with Crippen LogP contribution < -0.4 is 14.4 Å². The summed E-state index contributed by atoms with van der Waals surface area (Å²) in [4.78, 5) is 16.9. The molecule has 1 aliphatic heterocycles. The normalized spacial score (nSPS) is 14.3. The van der Waals surface area contributed by atoms with E-state index >= 15 is 0 Å². The second-order valence-electron chi connectivity index (χ2n) is 5.94. The van der Waals surface area contributed by atoms with Gasteiger partial charge in [0.15, 0.2) is 11.5 Å². The van der Waals surface area contributed by atoms with Gasteiger partial charge in [0.25, 0.3) is 5.91 Å². The van der Waals surface area contributed by atoms with Gasteiger partial charge in [-0.05, 0) is 59.0 Å². The fraction of sp³-hybridized carbons (Fsp3) is 0.316. The Labute approximate surface area is 165 Å². The molecule has 2 aromatic rings. The Hall–Kier alpha value is -2.03. The molecule has 0 aromatic heterocycles. The van der Waals surface area contributed by atoms with E-state index in [1.54, 1.807) is 38.5 Å². The maximum atomic E-state index is 13.1. The zero-order valence-electron chi connectivity index (χ0n) is 14.7. The van der Waals surface area contributed by atoms with E-state index in [1.807, 2.05) is 4.90 Å². The van der Waals surface area contributed by atoms with Crippen molar-refractivity contribution in [1.82, 2.24) is 4.90 Å². The summed E-state index contributed by atoms with van der Waals surface area (Å²) in [7, 11) is 3.13. The number of hydrogen-bond donors (Lipinski definition) is 0. The fourth-order valence-corrected chi connectivity index (χ4v) is 3.68. The Kier molecular flexibility index (Phi) is 5.85. The van der Waals surface area contributed by atoms with E-state index < -0.39 is 0 Å². The molecule has 1 aliphatic rings. The number of ether oxygens (including phenoxy) is 2. The third-order valence-electron chi connectivity index (χ3n) is 4.46. The van der Waals surface area contributed by atoms with Gasteiger partial charge in [-0.15, -0.1) is 0 Å². The molecule has 0 unspecified atom stereocenters. The first-order chi connectivity index (χ1) is 12.5. The van der Waals surface area contributed by atoms with Gasteiger partial charge in [-0.3, -0.25) is 4.79 Å². The molecule has 1 heterocycles. The average Bonchev–Trinajstić information content (AvgIpc) is 2.68. The van der Waals surface area contributed by atoms with Crippen LogP contribution in [0.1, 0.15) is 10.4 Å². The van der Waals surface area contributed by atoms with Crippen LogP contribution in [0, 0.1) is 9.39 Å². The van der Waals surface area contributed by atoms with E-state index in [2.05, 4.69) is 27.5 Å². The number of carbonyl (C=O) groups is 1. The number of rotatable bonds is 4. The molecule has 0 saturated carbocycles. The van der Waals surface area contributed by atoms with Gasteiger partial charge in [-0.1, -0.05) is 0 Å². The number of amides is 1. The zero-order chi connectivity index (χ0) is 18.7. The van der Waals surface area contributed by atoms with Crippen LogP contribution in [0.25, 0.3) is 0 Å². The first-order valence-corrected chi connectivity index (χ1v) is 9.32. The van der Waals surface area contributed by atoms with E-state index in [9.17, 15) is 9.18 Å². The van der Waals surface area contributed by atoms with Crippen molar-refractivity contribution in [3.8, 4) is 11.5 Å². The molecule has 0 bridgehead atoms. The van der Waals surface area contributed by atoms with E-state index in [1.165, 1.54) is 12.1 Å². The Morgan fingerprint density at radius 2 is 1.58 bits per heavy atom. The van der Waals surface area contributed by atoms with Gasteiger partial charge in [-0.2, -0.15) is 0 Å². The third-order valence-corrected chi connectivity index (χ3v) is 5.35. The van der Waals surface area contributed by atoms with Crippen molar-refractivity contribution in [3.63, 3.8) is 0 Å². The number of halogens is 2. The summed E-state index contributed by atoms with van der Waals surface area (Å²) in [5.74, 6) is 0.885. The summed E-state index contributed by atoms with van der Waals surface area (Å²) >= 11 is 2.14. The summed E-state index contributed by atoms with van der Waals surface area (Å²) in [5, 5.41) is 0. The van der Waals surface area contributed by atoms with Gasteiger partial charge < -0.3 is 19.3 Å². The van der Waals surface area contributed by atoms with Crippen molar-refractivity contribution < 1.29 is 18.7 Å². The van der Waals surface area contributed by atoms with Crippen molar-refractivity contribution in [3.05, 3.63) is 51.3 Å². The van der Waals surface area contributed by atoms with Gasteiger partial charge in [0.05, 0.1) is 19.8 Å². The quantitative estimate of drug-likeness (QED) is 0.643. The molecule has 1 fully saturated rings. The smallest absolute Gasteiger partial charge is 0.255 e. The van der Waals surface area contributed by atoms with E-state index in [4.69, 9.17) is 9.47 Å². The predicted molar refractivity (Wildman–Crippen MR) is 107 cm³/mol. The van der Waals surface area contributed by atoms with Gasteiger partial charge in [-0.25, -0.2) is 4.39 Å². The minimum absolute atomic E-state index is 0.0193. The summed E-state index contributed by atoms with van der Waals surface area (Å²) in [6.45, 7) is 2.64. The van der Waals surface area contributed by atoms with Crippen LogP contribution in [-0.2, 0) is 0 Å². The molecule has 7 heteroatoms. The number of anilines is 1. The predicted octanol–water partition coefficient (Wildman–Crippen LogP) is 3.41. The molecular weight excluding hydrogens is 450 g/mol. The summed E-state index contributed by atoms with van der Waals surface area (Å²) in [6.07, 6.45) is 0. The molecule has 138 valence electrons. The third kappa shape index (κ3) is 3.87. The van der Waals surface area contributed by atoms with Crippen LogP contribution in [0.3, 0.4) is 0 Å². The molecule has 3 rings (SSSR count). The van der Waals surface area contributed by atoms with Gasteiger partial charge >= 0.3 is 0 Å². The number of hydrogen-bond acceptors (Lipinski definition) is 4. The Balaban J connectivity index is 1.71. The zero-order valence-corrected chi connectivity index (χ0v) is 16.8. The minimum atomic E-state index is -0.245. The van der Waals surface area contributed by atoms with Crippen LogP contribution >= 0.6 is 22.6 Å². The average molecular weight is 470 g/mol. The lowest BCUT2D eigenvalue weighted by Gasteiger charge is -2.36. The standard InChI is InChI=1S/C19H20FIN2O3/c1-25-17-11-15(16(21)12-18(17)26-2)19(24)23-9-7-22(8-10-23)14-5-3-13(20)4-6-14/h3-6,11-12H,7-10H2,1-2H3. The van der Waals surface area contributed by atoms with Gasteiger partial charge in [0, 0.05) is 35.4 Å². The molecule has 1 saturated heterocycles. The summed E-state index contributed by atoms with van der Waals surface area (Å²) in [6, 6.07) is 9.99. The molecule has 0 spiro atoms. The van der Waals surface area contributed by atoms with Gasteiger partial charge in [0.2, 0.25) is 0 Å². The molecule has 2 aromatic carbocycles. The highest BCUT2D eigenvalue weighted by Crippen LogP contribution is 2.32. The largest absolute Gasteiger partial charge is 0.493 e. The first-order valence-electron chi connectivity index (χ1n) is 8.25. The van der Waals surface area contributed by atoms with Crippen LogP contribution in [-0.4, -0.2) is 51.2 Å². The lowest BCUT2D eigenvalue weighted by molar-refractivity contribution is 0.0745. The highest BCUT2D eigenvalue weighted by atomic mass is 127. The van der Waals surface area contributed by atoms with E-state index in [0.717, 1.165) is 9.26 Å².